The number of ether oxygens (including phenoxy) is 1. The predicted octanol–water partition coefficient (Wildman–Crippen LogP) is 3.46. The minimum Gasteiger partial charge on any atom is -0.477 e. The first-order valence-electron chi connectivity index (χ1n) is 6.22. The van der Waals surface area contributed by atoms with Crippen molar-refractivity contribution in [3.05, 3.63) is 36.0 Å². The van der Waals surface area contributed by atoms with Gasteiger partial charge in [0.2, 0.25) is 0 Å². The Labute approximate surface area is 117 Å². The third-order valence-corrected chi connectivity index (χ3v) is 3.41. The van der Waals surface area contributed by atoms with Crippen LogP contribution < -0.4 is 0 Å². The fourth-order valence-corrected chi connectivity index (χ4v) is 2.58. The van der Waals surface area contributed by atoms with Crippen LogP contribution in [0, 0.1) is 0 Å². The molecule has 1 aromatic carbocycles. The second-order valence-electron chi connectivity index (χ2n) is 4.58. The van der Waals surface area contributed by atoms with Gasteiger partial charge in [0, 0.05) is 12.0 Å². The second kappa shape index (κ2) is 5.63. The number of carboxylic acids is 1. The summed E-state index contributed by atoms with van der Waals surface area (Å²) in [5.74, 6) is -0.902. The van der Waals surface area contributed by atoms with Gasteiger partial charge >= 0.3 is 5.97 Å². The molecule has 1 saturated heterocycles. The van der Waals surface area contributed by atoms with E-state index in [-0.39, 0.29) is 18.6 Å². The molecule has 2 heterocycles. The van der Waals surface area contributed by atoms with Crippen LogP contribution in [0.2, 0.25) is 0 Å². The Balaban J connectivity index is 0.00000133. The van der Waals surface area contributed by atoms with Crippen molar-refractivity contribution in [3.8, 4) is 0 Å². The molecule has 0 amide bonds. The fourth-order valence-electron chi connectivity index (χ4n) is 2.58. The Morgan fingerprint density at radius 1 is 1.32 bits per heavy atom. The maximum absolute atomic E-state index is 11.4. The van der Waals surface area contributed by atoms with Crippen LogP contribution >= 0.6 is 12.4 Å². The lowest BCUT2D eigenvalue weighted by Gasteiger charge is -2.26. The highest BCUT2D eigenvalue weighted by Crippen LogP contribution is 2.30. The van der Waals surface area contributed by atoms with E-state index in [1.165, 1.54) is 0 Å². The van der Waals surface area contributed by atoms with Crippen LogP contribution in [0.5, 0.6) is 0 Å². The second-order valence-corrected chi connectivity index (χ2v) is 4.58. The van der Waals surface area contributed by atoms with E-state index in [0.29, 0.717) is 12.3 Å². The summed E-state index contributed by atoms with van der Waals surface area (Å²) in [6, 6.07) is 9.43. The predicted molar refractivity (Wildman–Crippen MR) is 75.0 cm³/mol. The molecule has 1 atom stereocenters. The quantitative estimate of drug-likeness (QED) is 0.917. The fraction of sp³-hybridized carbons (Fsp3) is 0.357. The van der Waals surface area contributed by atoms with Crippen LogP contribution in [0.25, 0.3) is 10.9 Å². The van der Waals surface area contributed by atoms with Gasteiger partial charge in [0.25, 0.3) is 0 Å². The molecule has 3 rings (SSSR count). The average molecular weight is 282 g/mol. The minimum absolute atomic E-state index is 0. The smallest absolute Gasteiger partial charge is 0.352 e. The zero-order chi connectivity index (χ0) is 12.5. The highest BCUT2D eigenvalue weighted by Gasteiger charge is 2.23. The molecule has 1 fully saturated rings. The number of fused-ring (bicyclic) bond motifs is 1. The molecule has 2 aromatic rings. The van der Waals surface area contributed by atoms with Crippen molar-refractivity contribution >= 4 is 29.3 Å². The maximum Gasteiger partial charge on any atom is 0.352 e. The summed E-state index contributed by atoms with van der Waals surface area (Å²) in [7, 11) is 0. The Morgan fingerprint density at radius 3 is 2.79 bits per heavy atom. The summed E-state index contributed by atoms with van der Waals surface area (Å²) >= 11 is 0. The first-order chi connectivity index (χ1) is 8.77. The summed E-state index contributed by atoms with van der Waals surface area (Å²) in [6.45, 7) is 0.705. The summed E-state index contributed by atoms with van der Waals surface area (Å²) in [5, 5.41) is 10.3. The molecule has 4 nitrogen and oxygen atoms in total. The average Bonchev–Trinajstić information content (AvgIpc) is 2.79. The number of para-hydroxylation sites is 1. The van der Waals surface area contributed by atoms with Crippen LogP contribution in [-0.4, -0.2) is 22.2 Å². The third-order valence-electron chi connectivity index (χ3n) is 3.41. The van der Waals surface area contributed by atoms with E-state index in [2.05, 4.69) is 0 Å². The van der Waals surface area contributed by atoms with Crippen molar-refractivity contribution in [2.45, 2.75) is 25.5 Å². The zero-order valence-electron chi connectivity index (χ0n) is 10.4. The number of hydrogen-bond acceptors (Lipinski definition) is 2. The largest absolute Gasteiger partial charge is 0.477 e. The zero-order valence-corrected chi connectivity index (χ0v) is 11.2. The molecule has 0 radical (unpaired) electrons. The minimum atomic E-state index is -0.902. The van der Waals surface area contributed by atoms with E-state index in [4.69, 9.17) is 4.74 Å². The van der Waals surface area contributed by atoms with Gasteiger partial charge in [-0.15, -0.1) is 12.4 Å². The molecule has 1 aliphatic rings. The van der Waals surface area contributed by atoms with E-state index in [1.807, 2.05) is 28.8 Å². The number of halogens is 1. The molecule has 0 aliphatic carbocycles. The number of carboxylic acid groups (broad SMARTS) is 1. The Hall–Kier alpha value is -1.52. The number of aromatic carboxylic acids is 1. The molecule has 1 aliphatic heterocycles. The van der Waals surface area contributed by atoms with Crippen molar-refractivity contribution in [1.82, 2.24) is 4.57 Å². The highest BCUT2D eigenvalue weighted by molar-refractivity contribution is 5.94. The molecule has 0 spiro atoms. The summed E-state index contributed by atoms with van der Waals surface area (Å²) in [6.07, 6.45) is 2.86. The Kier molecular flexibility index (Phi) is 4.12. The normalized spacial score (nSPS) is 19.1. The SMILES string of the molecule is Cl.O=C(O)c1cc2ccccc2n1C1CCCCO1. The van der Waals surface area contributed by atoms with Crippen molar-refractivity contribution in [1.29, 1.82) is 0 Å². The van der Waals surface area contributed by atoms with E-state index >= 15 is 0 Å². The molecule has 5 heteroatoms. The summed E-state index contributed by atoms with van der Waals surface area (Å²) in [4.78, 5) is 11.4. The van der Waals surface area contributed by atoms with Gasteiger partial charge in [-0.25, -0.2) is 4.79 Å². The Bertz CT molecular complexity index is 587. The van der Waals surface area contributed by atoms with Crippen LogP contribution in [0.15, 0.2) is 30.3 Å². The number of carbonyl (C=O) groups is 1. The molecule has 0 bridgehead atoms. The van der Waals surface area contributed by atoms with Gasteiger partial charge in [0.15, 0.2) is 0 Å². The number of benzene rings is 1. The molecule has 102 valence electrons. The molecular formula is C14H16ClNO3. The topological polar surface area (TPSA) is 51.5 Å². The van der Waals surface area contributed by atoms with E-state index < -0.39 is 5.97 Å². The lowest BCUT2D eigenvalue weighted by Crippen LogP contribution is -2.21. The van der Waals surface area contributed by atoms with Crippen LogP contribution in [0.3, 0.4) is 0 Å². The van der Waals surface area contributed by atoms with Crippen molar-refractivity contribution in [3.63, 3.8) is 0 Å². The number of hydrogen-bond donors (Lipinski definition) is 1. The molecule has 1 unspecified atom stereocenters. The number of rotatable bonds is 2. The molecule has 1 N–H and O–H groups in total. The van der Waals surface area contributed by atoms with Gasteiger partial charge < -0.3 is 14.4 Å². The molecule has 19 heavy (non-hydrogen) atoms. The molecular weight excluding hydrogens is 266 g/mol. The first kappa shape index (κ1) is 13.9. The maximum atomic E-state index is 11.4. The van der Waals surface area contributed by atoms with E-state index in [9.17, 15) is 9.90 Å². The van der Waals surface area contributed by atoms with Gasteiger partial charge in [0.1, 0.15) is 11.9 Å². The van der Waals surface area contributed by atoms with Gasteiger partial charge in [-0.3, -0.25) is 0 Å². The van der Waals surface area contributed by atoms with E-state index in [0.717, 1.165) is 30.2 Å². The van der Waals surface area contributed by atoms with Crippen molar-refractivity contribution in [2.75, 3.05) is 6.61 Å². The lowest BCUT2D eigenvalue weighted by molar-refractivity contribution is -0.0309. The Morgan fingerprint density at radius 2 is 2.11 bits per heavy atom. The molecule has 1 aromatic heterocycles. The monoisotopic (exact) mass is 281 g/mol. The van der Waals surface area contributed by atoms with E-state index in [1.54, 1.807) is 6.07 Å². The lowest BCUT2D eigenvalue weighted by atomic mass is 10.2. The third kappa shape index (κ3) is 2.46. The van der Waals surface area contributed by atoms with Gasteiger partial charge in [0.05, 0.1) is 5.52 Å². The number of aromatic nitrogens is 1. The molecule has 0 saturated carbocycles. The number of nitrogens with zero attached hydrogens (tertiary/aromatic N) is 1. The standard InChI is InChI=1S/C14H15NO3.ClH/c16-14(17)12-9-10-5-1-2-6-11(10)15(12)13-7-3-4-8-18-13;/h1-2,5-6,9,13H,3-4,7-8H2,(H,16,17);1H. The first-order valence-corrected chi connectivity index (χ1v) is 6.22. The van der Waals surface area contributed by atoms with Gasteiger partial charge in [-0.05, 0) is 31.4 Å². The van der Waals surface area contributed by atoms with Crippen LogP contribution in [-0.2, 0) is 4.74 Å². The summed E-state index contributed by atoms with van der Waals surface area (Å²) in [5.41, 5.74) is 1.24. The van der Waals surface area contributed by atoms with Crippen LogP contribution in [0.4, 0.5) is 0 Å². The summed E-state index contributed by atoms with van der Waals surface area (Å²) < 4.78 is 7.54. The van der Waals surface area contributed by atoms with Gasteiger partial charge in [-0.1, -0.05) is 18.2 Å². The van der Waals surface area contributed by atoms with Crippen molar-refractivity contribution < 1.29 is 14.6 Å². The highest BCUT2D eigenvalue weighted by atomic mass is 35.5. The van der Waals surface area contributed by atoms with Crippen molar-refractivity contribution in [2.24, 2.45) is 0 Å². The van der Waals surface area contributed by atoms with Gasteiger partial charge in [-0.2, -0.15) is 0 Å². The van der Waals surface area contributed by atoms with Crippen LogP contribution in [0.1, 0.15) is 36.0 Å².